The lowest BCUT2D eigenvalue weighted by molar-refractivity contribution is -0.384. The molecule has 8 nitrogen and oxygen atoms in total. The fourth-order valence-electron chi connectivity index (χ4n) is 1.58. The van der Waals surface area contributed by atoms with Gasteiger partial charge in [0.25, 0.3) is 0 Å². The monoisotopic (exact) mass is 294 g/mol. The number of nitrogen functional groups attached to an aromatic ring is 1. The first-order valence-corrected chi connectivity index (χ1v) is 6.81. The molecule has 0 aliphatic heterocycles. The minimum atomic E-state index is -0.548. The molecule has 1 unspecified atom stereocenters. The third-order valence-electron chi connectivity index (χ3n) is 2.63. The van der Waals surface area contributed by atoms with Gasteiger partial charge < -0.3 is 11.1 Å². The maximum absolute atomic E-state index is 10.9. The van der Waals surface area contributed by atoms with Gasteiger partial charge in [-0.3, -0.25) is 10.1 Å². The van der Waals surface area contributed by atoms with Crippen LogP contribution in [0.25, 0.3) is 0 Å². The molecule has 2 aromatic rings. The summed E-state index contributed by atoms with van der Waals surface area (Å²) in [7, 11) is 0. The van der Waals surface area contributed by atoms with Crippen LogP contribution in [0, 0.1) is 10.1 Å². The van der Waals surface area contributed by atoms with Crippen molar-refractivity contribution in [3.05, 3.63) is 32.4 Å². The van der Waals surface area contributed by atoms with E-state index in [1.54, 1.807) is 17.5 Å². The molecule has 0 bridgehead atoms. The molecule has 0 amide bonds. The molecule has 0 fully saturated rings. The number of rotatable bonds is 5. The van der Waals surface area contributed by atoms with Crippen LogP contribution >= 0.6 is 11.3 Å². The number of nitrogens with one attached hydrogen (secondary N) is 1. The molecule has 20 heavy (non-hydrogen) atoms. The average Bonchev–Trinajstić information content (AvgIpc) is 2.87. The van der Waals surface area contributed by atoms with Gasteiger partial charge in [0, 0.05) is 11.1 Å². The molecular weight excluding hydrogens is 280 g/mol. The summed E-state index contributed by atoms with van der Waals surface area (Å²) in [6, 6.07) is -0.201. The number of aromatic nitrogens is 3. The molecule has 0 aliphatic carbocycles. The molecule has 0 radical (unpaired) electrons. The molecule has 0 aromatic carbocycles. The summed E-state index contributed by atoms with van der Waals surface area (Å²) in [5, 5.41) is 14.7. The Bertz CT molecular complexity index is 629. The second-order valence-electron chi connectivity index (χ2n) is 4.10. The minimum absolute atomic E-state index is 0.0151. The first-order chi connectivity index (χ1) is 9.51. The molecule has 2 aromatic heterocycles. The van der Waals surface area contributed by atoms with Crippen molar-refractivity contribution in [2.75, 3.05) is 11.1 Å². The quantitative estimate of drug-likeness (QED) is 0.640. The summed E-state index contributed by atoms with van der Waals surface area (Å²) in [6.07, 6.45) is 3.81. The number of thiazole rings is 1. The van der Waals surface area contributed by atoms with Gasteiger partial charge in [-0.05, 0) is 13.3 Å². The third kappa shape index (κ3) is 2.99. The highest BCUT2D eigenvalue weighted by molar-refractivity contribution is 7.11. The number of nitrogens with two attached hydrogens (primary N) is 1. The molecule has 3 N–H and O–H groups in total. The first-order valence-electron chi connectivity index (χ1n) is 5.99. The molecular formula is C11H14N6O2S. The van der Waals surface area contributed by atoms with Gasteiger partial charge in [0.2, 0.25) is 11.8 Å². The van der Waals surface area contributed by atoms with Crippen LogP contribution in [0.2, 0.25) is 0 Å². The second kappa shape index (κ2) is 5.78. The fourth-order valence-corrected chi connectivity index (χ4v) is 2.44. The topological polar surface area (TPSA) is 120 Å². The Morgan fingerprint density at radius 3 is 2.85 bits per heavy atom. The number of hydrogen-bond donors (Lipinski definition) is 2. The van der Waals surface area contributed by atoms with Crippen LogP contribution in [0.1, 0.15) is 29.8 Å². The molecule has 106 valence electrons. The van der Waals surface area contributed by atoms with Crippen molar-refractivity contribution in [1.82, 2.24) is 15.0 Å². The number of anilines is 2. The van der Waals surface area contributed by atoms with Crippen LogP contribution in [0.15, 0.2) is 12.4 Å². The Hall–Kier alpha value is -2.29. The van der Waals surface area contributed by atoms with Gasteiger partial charge in [-0.25, -0.2) is 9.97 Å². The summed E-state index contributed by atoms with van der Waals surface area (Å²) in [6.45, 7) is 3.91. The molecule has 9 heteroatoms. The fraction of sp³-hybridized carbons (Fsp3) is 0.364. The van der Waals surface area contributed by atoms with Gasteiger partial charge >= 0.3 is 5.69 Å². The van der Waals surface area contributed by atoms with Crippen LogP contribution in [0.5, 0.6) is 0 Å². The average molecular weight is 294 g/mol. The summed E-state index contributed by atoms with van der Waals surface area (Å²) in [4.78, 5) is 23.3. The second-order valence-corrected chi connectivity index (χ2v) is 5.25. The molecule has 2 rings (SSSR count). The molecule has 2 heterocycles. The Balaban J connectivity index is 2.24. The summed E-state index contributed by atoms with van der Waals surface area (Å²) in [5.74, 6) is 0.0851. The van der Waals surface area contributed by atoms with E-state index in [0.29, 0.717) is 0 Å². The predicted octanol–water partition coefficient (Wildman–Crippen LogP) is 2.16. The lowest BCUT2D eigenvalue weighted by Gasteiger charge is -2.11. The Kier molecular flexibility index (Phi) is 4.08. The van der Waals surface area contributed by atoms with Crippen LogP contribution in [-0.2, 0) is 6.42 Å². The van der Waals surface area contributed by atoms with Crippen LogP contribution in [0.4, 0.5) is 17.5 Å². The van der Waals surface area contributed by atoms with E-state index >= 15 is 0 Å². The van der Waals surface area contributed by atoms with Crippen LogP contribution < -0.4 is 11.1 Å². The molecule has 0 saturated heterocycles. The highest BCUT2D eigenvalue weighted by atomic mass is 32.1. The number of nitrogens with zero attached hydrogens (tertiary/aromatic N) is 4. The van der Waals surface area contributed by atoms with Crippen molar-refractivity contribution in [2.45, 2.75) is 26.3 Å². The van der Waals surface area contributed by atoms with Crippen molar-refractivity contribution in [3.63, 3.8) is 0 Å². The van der Waals surface area contributed by atoms with Crippen molar-refractivity contribution in [3.8, 4) is 0 Å². The highest BCUT2D eigenvalue weighted by Crippen LogP contribution is 2.28. The van der Waals surface area contributed by atoms with Gasteiger partial charge in [-0.1, -0.05) is 6.92 Å². The lowest BCUT2D eigenvalue weighted by Crippen LogP contribution is -2.11. The zero-order chi connectivity index (χ0) is 14.7. The first kappa shape index (κ1) is 14.1. The van der Waals surface area contributed by atoms with Crippen LogP contribution in [0.3, 0.4) is 0 Å². The third-order valence-corrected chi connectivity index (χ3v) is 3.95. The minimum Gasteiger partial charge on any atom is -0.368 e. The van der Waals surface area contributed by atoms with E-state index in [1.165, 1.54) is 0 Å². The van der Waals surface area contributed by atoms with Gasteiger partial charge in [0.15, 0.2) is 0 Å². The van der Waals surface area contributed by atoms with Crippen LogP contribution in [-0.4, -0.2) is 19.9 Å². The zero-order valence-electron chi connectivity index (χ0n) is 11.0. The standard InChI is InChI=1S/C11H14N6O2S/c1-3-7-4-13-10(20-7)6(2)15-9-8(17(18)19)5-14-11(12)16-9/h4-6H,3H2,1-2H3,(H3,12,14,15,16). The van der Waals surface area contributed by atoms with Crippen molar-refractivity contribution >= 4 is 28.8 Å². The normalized spacial score (nSPS) is 12.1. The maximum Gasteiger partial charge on any atom is 0.329 e. The SMILES string of the molecule is CCc1cnc(C(C)Nc2nc(N)ncc2[N+](=O)[O-])s1. The van der Waals surface area contributed by atoms with E-state index < -0.39 is 4.92 Å². The molecule has 0 saturated carbocycles. The Morgan fingerprint density at radius 2 is 2.25 bits per heavy atom. The van der Waals surface area contributed by atoms with Crippen molar-refractivity contribution < 1.29 is 4.92 Å². The molecule has 0 spiro atoms. The summed E-state index contributed by atoms with van der Waals surface area (Å²) < 4.78 is 0. The number of hydrogen-bond acceptors (Lipinski definition) is 8. The van der Waals surface area contributed by atoms with E-state index in [4.69, 9.17) is 5.73 Å². The van der Waals surface area contributed by atoms with Gasteiger partial charge in [-0.2, -0.15) is 4.98 Å². The largest absolute Gasteiger partial charge is 0.368 e. The van der Waals surface area contributed by atoms with Crippen molar-refractivity contribution in [2.24, 2.45) is 0 Å². The van der Waals surface area contributed by atoms with Gasteiger partial charge in [0.05, 0.1) is 11.0 Å². The van der Waals surface area contributed by atoms with Gasteiger partial charge in [-0.15, -0.1) is 11.3 Å². The Morgan fingerprint density at radius 1 is 1.50 bits per heavy atom. The van der Waals surface area contributed by atoms with Gasteiger partial charge in [0.1, 0.15) is 11.2 Å². The highest BCUT2D eigenvalue weighted by Gasteiger charge is 2.20. The molecule has 0 aliphatic rings. The smallest absolute Gasteiger partial charge is 0.329 e. The van der Waals surface area contributed by atoms with E-state index in [0.717, 1.165) is 22.5 Å². The summed E-state index contributed by atoms with van der Waals surface area (Å²) in [5.41, 5.74) is 5.26. The lowest BCUT2D eigenvalue weighted by atomic mass is 10.3. The predicted molar refractivity (Wildman–Crippen MR) is 76.6 cm³/mol. The number of aryl methyl sites for hydroxylation is 1. The van der Waals surface area contributed by atoms with E-state index in [1.807, 2.05) is 13.8 Å². The number of nitro groups is 1. The maximum atomic E-state index is 10.9. The Labute approximate surface area is 119 Å². The zero-order valence-corrected chi connectivity index (χ0v) is 11.8. The van der Waals surface area contributed by atoms with E-state index in [-0.39, 0.29) is 23.5 Å². The molecule has 1 atom stereocenters. The summed E-state index contributed by atoms with van der Waals surface area (Å²) >= 11 is 1.56. The van der Waals surface area contributed by atoms with E-state index in [2.05, 4.69) is 20.3 Å². The van der Waals surface area contributed by atoms with E-state index in [9.17, 15) is 10.1 Å². The van der Waals surface area contributed by atoms with Crippen molar-refractivity contribution in [1.29, 1.82) is 0 Å².